The third kappa shape index (κ3) is 3.94. The van der Waals surface area contributed by atoms with Gasteiger partial charge < -0.3 is 4.74 Å². The first-order valence-corrected chi connectivity index (χ1v) is 8.23. The minimum Gasteiger partial charge on any atom is -0.493 e. The third-order valence-electron chi connectivity index (χ3n) is 3.72. The zero-order chi connectivity index (χ0) is 18.4. The molecule has 0 saturated heterocycles. The van der Waals surface area contributed by atoms with E-state index in [1.54, 1.807) is 6.21 Å². The summed E-state index contributed by atoms with van der Waals surface area (Å²) >= 11 is 0. The fourth-order valence-corrected chi connectivity index (χ4v) is 2.47. The molecule has 0 aliphatic heterocycles. The summed E-state index contributed by atoms with van der Waals surface area (Å²) in [5.41, 5.74) is 3.59. The van der Waals surface area contributed by atoms with E-state index in [2.05, 4.69) is 22.4 Å². The lowest BCUT2D eigenvalue weighted by atomic mass is 10.0. The Balaban J connectivity index is 1.86. The topological polar surface area (TPSA) is 89.6 Å². The number of fused-ring (bicyclic) bond motifs is 1. The van der Waals surface area contributed by atoms with E-state index in [4.69, 9.17) is 4.74 Å². The maximum Gasteiger partial charge on any atom is 0.287 e. The molecule has 1 N–H and O–H groups in total. The van der Waals surface area contributed by atoms with Crippen molar-refractivity contribution in [1.82, 2.24) is 4.98 Å². The highest BCUT2D eigenvalue weighted by Gasteiger charge is 2.07. The molecule has 0 fully saturated rings. The minimum absolute atomic E-state index is 0.0659. The molecule has 26 heavy (non-hydrogen) atoms. The van der Waals surface area contributed by atoms with Crippen LogP contribution < -0.4 is 10.2 Å². The molecule has 132 valence electrons. The first-order valence-electron chi connectivity index (χ1n) is 8.23. The van der Waals surface area contributed by atoms with E-state index in [1.165, 1.54) is 18.3 Å². The number of hydrazone groups is 1. The summed E-state index contributed by atoms with van der Waals surface area (Å²) in [6.07, 6.45) is 3.77. The number of nitrogens with one attached hydrogen (secondary N) is 1. The van der Waals surface area contributed by atoms with Crippen LogP contribution in [0.4, 0.5) is 11.5 Å². The van der Waals surface area contributed by atoms with E-state index in [0.717, 1.165) is 28.5 Å². The van der Waals surface area contributed by atoms with Crippen LogP contribution in [0.5, 0.6) is 5.75 Å². The molecule has 0 aliphatic rings. The molecule has 7 nitrogen and oxygen atoms in total. The van der Waals surface area contributed by atoms with Gasteiger partial charge in [-0.15, -0.1) is 0 Å². The van der Waals surface area contributed by atoms with Crippen molar-refractivity contribution in [3.8, 4) is 5.75 Å². The van der Waals surface area contributed by atoms with Gasteiger partial charge in [-0.05, 0) is 29.3 Å². The number of pyridine rings is 1. The van der Waals surface area contributed by atoms with Crippen molar-refractivity contribution in [1.29, 1.82) is 0 Å². The minimum atomic E-state index is -0.493. The van der Waals surface area contributed by atoms with Crippen LogP contribution in [0, 0.1) is 10.1 Å². The summed E-state index contributed by atoms with van der Waals surface area (Å²) in [7, 11) is 0. The molecule has 1 heterocycles. The van der Waals surface area contributed by atoms with Crippen molar-refractivity contribution >= 4 is 28.5 Å². The highest BCUT2D eigenvalue weighted by Crippen LogP contribution is 2.27. The Morgan fingerprint density at radius 2 is 2.08 bits per heavy atom. The Labute approximate surface area is 150 Å². The number of nitrogens with zero attached hydrogens (tertiary/aromatic N) is 3. The quantitative estimate of drug-likeness (QED) is 0.388. The number of hydrogen-bond acceptors (Lipinski definition) is 6. The fraction of sp³-hybridized carbons (Fsp3) is 0.158. The van der Waals surface area contributed by atoms with Crippen molar-refractivity contribution in [2.75, 3.05) is 12.0 Å². The van der Waals surface area contributed by atoms with Crippen LogP contribution in [0.25, 0.3) is 10.8 Å². The van der Waals surface area contributed by atoms with Crippen LogP contribution in [0.1, 0.15) is 18.9 Å². The monoisotopic (exact) mass is 350 g/mol. The summed E-state index contributed by atoms with van der Waals surface area (Å²) in [5, 5.41) is 17.0. The second-order valence-corrected chi connectivity index (χ2v) is 5.58. The SMILES string of the molecule is CCCOc1ccc2ccccc2c1/C=N\Nc1ccc([N+](=O)[O-])cn1. The van der Waals surface area contributed by atoms with Gasteiger partial charge in [0.15, 0.2) is 0 Å². The smallest absolute Gasteiger partial charge is 0.287 e. The maximum atomic E-state index is 10.7. The molecule has 0 saturated carbocycles. The number of nitro groups is 1. The third-order valence-corrected chi connectivity index (χ3v) is 3.72. The molecule has 0 atom stereocenters. The Morgan fingerprint density at radius 3 is 2.81 bits per heavy atom. The average molecular weight is 350 g/mol. The van der Waals surface area contributed by atoms with Crippen LogP contribution in [0.3, 0.4) is 0 Å². The average Bonchev–Trinajstić information content (AvgIpc) is 2.67. The molecule has 0 bridgehead atoms. The molecule has 0 spiro atoms. The Hall–Kier alpha value is -3.48. The van der Waals surface area contributed by atoms with E-state index >= 15 is 0 Å². The summed E-state index contributed by atoms with van der Waals surface area (Å²) < 4.78 is 5.83. The van der Waals surface area contributed by atoms with Gasteiger partial charge in [0.25, 0.3) is 5.69 Å². The second-order valence-electron chi connectivity index (χ2n) is 5.58. The highest BCUT2D eigenvalue weighted by molar-refractivity contribution is 6.02. The molecule has 3 aromatic rings. The van der Waals surface area contributed by atoms with Gasteiger partial charge in [0.05, 0.1) is 17.7 Å². The van der Waals surface area contributed by atoms with Crippen molar-refractivity contribution < 1.29 is 9.66 Å². The number of benzene rings is 2. The van der Waals surface area contributed by atoms with Gasteiger partial charge in [0.2, 0.25) is 0 Å². The Bertz CT molecular complexity index is 939. The lowest BCUT2D eigenvalue weighted by Gasteiger charge is -2.11. The van der Waals surface area contributed by atoms with Gasteiger partial charge in [0.1, 0.15) is 17.8 Å². The fourth-order valence-electron chi connectivity index (χ4n) is 2.47. The lowest BCUT2D eigenvalue weighted by Crippen LogP contribution is -2.00. The van der Waals surface area contributed by atoms with Crippen LogP contribution in [0.15, 0.2) is 59.8 Å². The molecule has 0 radical (unpaired) electrons. The van der Waals surface area contributed by atoms with Crippen LogP contribution in [-0.2, 0) is 0 Å². The van der Waals surface area contributed by atoms with E-state index in [9.17, 15) is 10.1 Å². The van der Waals surface area contributed by atoms with Crippen LogP contribution in [-0.4, -0.2) is 22.7 Å². The molecule has 0 unspecified atom stereocenters. The van der Waals surface area contributed by atoms with Crippen molar-refractivity contribution in [2.24, 2.45) is 5.10 Å². The lowest BCUT2D eigenvalue weighted by molar-refractivity contribution is -0.385. The van der Waals surface area contributed by atoms with Gasteiger partial charge in [-0.25, -0.2) is 4.98 Å². The van der Waals surface area contributed by atoms with Gasteiger partial charge in [-0.1, -0.05) is 37.3 Å². The summed E-state index contributed by atoms with van der Waals surface area (Å²) in [4.78, 5) is 14.1. The zero-order valence-corrected chi connectivity index (χ0v) is 14.3. The van der Waals surface area contributed by atoms with E-state index < -0.39 is 4.92 Å². The predicted octanol–water partition coefficient (Wildman–Crippen LogP) is 4.38. The summed E-state index contributed by atoms with van der Waals surface area (Å²) in [6.45, 7) is 2.67. The molecular formula is C19H18N4O3. The molecular weight excluding hydrogens is 332 g/mol. The molecule has 2 aromatic carbocycles. The first-order chi connectivity index (χ1) is 12.7. The molecule has 0 amide bonds. The van der Waals surface area contributed by atoms with Crippen molar-refractivity contribution in [2.45, 2.75) is 13.3 Å². The van der Waals surface area contributed by atoms with Crippen molar-refractivity contribution in [3.63, 3.8) is 0 Å². The second kappa shape index (κ2) is 8.06. The zero-order valence-electron chi connectivity index (χ0n) is 14.3. The van der Waals surface area contributed by atoms with Crippen LogP contribution in [0.2, 0.25) is 0 Å². The van der Waals surface area contributed by atoms with E-state index in [0.29, 0.717) is 12.4 Å². The van der Waals surface area contributed by atoms with Crippen LogP contribution >= 0.6 is 0 Å². The highest BCUT2D eigenvalue weighted by atomic mass is 16.6. The normalized spacial score (nSPS) is 11.0. The largest absolute Gasteiger partial charge is 0.493 e. The number of anilines is 1. The van der Waals surface area contributed by atoms with Gasteiger partial charge in [-0.2, -0.15) is 5.10 Å². The number of rotatable bonds is 7. The van der Waals surface area contributed by atoms with E-state index in [1.807, 2.05) is 36.4 Å². The van der Waals surface area contributed by atoms with Gasteiger partial charge >= 0.3 is 0 Å². The molecule has 3 rings (SSSR count). The molecule has 0 aliphatic carbocycles. The van der Waals surface area contributed by atoms with Gasteiger partial charge in [-0.3, -0.25) is 15.5 Å². The first kappa shape index (κ1) is 17.3. The Morgan fingerprint density at radius 1 is 1.23 bits per heavy atom. The standard InChI is InChI=1S/C19H18N4O3/c1-2-11-26-18-9-7-14-5-3-4-6-16(14)17(18)13-21-22-19-10-8-15(12-20-19)23(24)25/h3-10,12-13H,2,11H2,1H3,(H,20,22)/b21-13-. The summed E-state index contributed by atoms with van der Waals surface area (Å²) in [6, 6.07) is 14.8. The van der Waals surface area contributed by atoms with Gasteiger partial charge in [0, 0.05) is 11.6 Å². The number of ether oxygens (including phenoxy) is 1. The number of hydrogen-bond donors (Lipinski definition) is 1. The van der Waals surface area contributed by atoms with Crippen molar-refractivity contribution in [3.05, 3.63) is 70.4 Å². The maximum absolute atomic E-state index is 10.7. The Kier molecular flexibility index (Phi) is 5.38. The number of aromatic nitrogens is 1. The summed E-state index contributed by atoms with van der Waals surface area (Å²) in [5.74, 6) is 1.18. The van der Waals surface area contributed by atoms with E-state index in [-0.39, 0.29) is 5.69 Å². The predicted molar refractivity (Wildman–Crippen MR) is 102 cm³/mol. The molecule has 7 heteroatoms. The molecule has 1 aromatic heterocycles.